The molecule has 0 saturated carbocycles. The first-order chi connectivity index (χ1) is 11.1. The van der Waals surface area contributed by atoms with E-state index >= 15 is 0 Å². The number of aromatic nitrogens is 2. The number of carbonyl (C=O) groups excluding carboxylic acids is 1. The van der Waals surface area contributed by atoms with Crippen LogP contribution in [0.4, 0.5) is 0 Å². The lowest BCUT2D eigenvalue weighted by molar-refractivity contribution is 0.0462. The minimum Gasteiger partial charge on any atom is -0.348 e. The fraction of sp³-hybridized carbons (Fsp3) is 0.556. The second-order valence-electron chi connectivity index (χ2n) is 7.04. The fourth-order valence-electron chi connectivity index (χ4n) is 4.37. The van der Waals surface area contributed by atoms with E-state index in [2.05, 4.69) is 22.4 Å². The third-order valence-electron chi connectivity index (χ3n) is 5.65. The van der Waals surface area contributed by atoms with Gasteiger partial charge < -0.3 is 10.2 Å². The van der Waals surface area contributed by atoms with Crippen LogP contribution in [0.15, 0.2) is 24.3 Å². The van der Waals surface area contributed by atoms with Gasteiger partial charge in [0.05, 0.1) is 5.52 Å². The number of hydrogen-bond donors (Lipinski definition) is 1. The highest BCUT2D eigenvalue weighted by Crippen LogP contribution is 2.32. The molecule has 1 unspecified atom stereocenters. The molecule has 2 aromatic rings. The standard InChI is InChI=1S/C18H24N4O/c1-21-13-6-5-7-14(21)11-12(10-13)19-18(23)17-15-8-3-4-9-16(15)22(2)20-17/h3-4,8-9,12-14H,5-7,10-11H2,1-2H3,(H,19,23)/t12?,13-,14+/i1-1. The van der Waals surface area contributed by atoms with Crippen molar-refractivity contribution < 1.29 is 4.79 Å². The predicted octanol–water partition coefficient (Wildman–Crippen LogP) is 2.32. The van der Waals surface area contributed by atoms with Crippen molar-refractivity contribution in [2.75, 3.05) is 7.05 Å². The second-order valence-corrected chi connectivity index (χ2v) is 7.04. The molecule has 122 valence electrons. The molecule has 2 fully saturated rings. The molecule has 2 saturated heterocycles. The number of nitrogens with zero attached hydrogens (tertiary/aromatic N) is 3. The lowest BCUT2D eigenvalue weighted by atomic mass is 9.80. The van der Waals surface area contributed by atoms with Crippen molar-refractivity contribution in [2.24, 2.45) is 7.05 Å². The molecule has 2 bridgehead atoms. The van der Waals surface area contributed by atoms with Crippen LogP contribution >= 0.6 is 0 Å². The van der Waals surface area contributed by atoms with Gasteiger partial charge in [-0.3, -0.25) is 9.48 Å². The Hall–Kier alpha value is -1.88. The van der Waals surface area contributed by atoms with Crippen molar-refractivity contribution >= 4 is 16.8 Å². The highest BCUT2D eigenvalue weighted by molar-refractivity contribution is 6.04. The Morgan fingerprint density at radius 1 is 1.17 bits per heavy atom. The number of rotatable bonds is 2. The Balaban J connectivity index is 1.54. The van der Waals surface area contributed by atoms with E-state index in [0.29, 0.717) is 17.8 Å². The van der Waals surface area contributed by atoms with Gasteiger partial charge in [-0.2, -0.15) is 5.10 Å². The molecule has 5 nitrogen and oxygen atoms in total. The molecule has 2 aliphatic rings. The largest absolute Gasteiger partial charge is 0.348 e. The highest BCUT2D eigenvalue weighted by Gasteiger charge is 2.36. The zero-order valence-corrected chi connectivity index (χ0v) is 13.8. The SMILES string of the molecule is Cn1nc(C(=O)NC2C[C@H]3CCC[C@@H](C2)N3[11CH3])c2ccccc21. The van der Waals surface area contributed by atoms with Crippen molar-refractivity contribution in [3.63, 3.8) is 0 Å². The topological polar surface area (TPSA) is 50.2 Å². The van der Waals surface area contributed by atoms with Gasteiger partial charge in [0.25, 0.3) is 5.91 Å². The fourth-order valence-corrected chi connectivity index (χ4v) is 4.37. The van der Waals surface area contributed by atoms with Crippen LogP contribution in [0.25, 0.3) is 10.9 Å². The maximum absolute atomic E-state index is 12.7. The zero-order chi connectivity index (χ0) is 16.0. The van der Waals surface area contributed by atoms with Gasteiger partial charge in [0.15, 0.2) is 5.69 Å². The number of amides is 1. The van der Waals surface area contributed by atoms with E-state index in [1.165, 1.54) is 19.3 Å². The summed E-state index contributed by atoms with van der Waals surface area (Å²) in [6.45, 7) is 0. The van der Waals surface area contributed by atoms with E-state index in [1.807, 2.05) is 31.3 Å². The Bertz CT molecular complexity index is 724. The number of para-hydroxylation sites is 1. The Morgan fingerprint density at radius 2 is 1.87 bits per heavy atom. The van der Waals surface area contributed by atoms with Crippen LogP contribution in [-0.2, 0) is 7.05 Å². The molecule has 0 aliphatic carbocycles. The summed E-state index contributed by atoms with van der Waals surface area (Å²) in [6.07, 6.45) is 5.95. The third kappa shape index (κ3) is 2.53. The summed E-state index contributed by atoms with van der Waals surface area (Å²) in [5, 5.41) is 8.62. The molecule has 3 atom stereocenters. The maximum Gasteiger partial charge on any atom is 0.272 e. The first-order valence-electron chi connectivity index (χ1n) is 8.58. The number of carbonyl (C=O) groups is 1. The van der Waals surface area contributed by atoms with Gasteiger partial charge in [-0.05, 0) is 38.8 Å². The molecule has 2 aliphatic heterocycles. The summed E-state index contributed by atoms with van der Waals surface area (Å²) in [6, 6.07) is 9.42. The van der Waals surface area contributed by atoms with Crippen molar-refractivity contribution in [2.45, 2.75) is 50.2 Å². The lowest BCUT2D eigenvalue weighted by Crippen LogP contribution is -2.55. The van der Waals surface area contributed by atoms with Crippen LogP contribution in [0.2, 0.25) is 0 Å². The van der Waals surface area contributed by atoms with E-state index in [9.17, 15) is 4.79 Å². The number of aryl methyl sites for hydroxylation is 1. The van der Waals surface area contributed by atoms with Crippen LogP contribution in [0.1, 0.15) is 42.6 Å². The summed E-state index contributed by atoms with van der Waals surface area (Å²) in [4.78, 5) is 15.3. The molecular formula is C18H24N4O. The van der Waals surface area contributed by atoms with E-state index in [-0.39, 0.29) is 11.9 Å². The molecule has 4 rings (SSSR count). The highest BCUT2D eigenvalue weighted by atomic mass is 16.2. The summed E-state index contributed by atoms with van der Waals surface area (Å²) in [5.74, 6) is -0.0329. The molecule has 1 aromatic heterocycles. The average Bonchev–Trinajstić information content (AvgIpc) is 2.86. The van der Waals surface area contributed by atoms with Gasteiger partial charge in [-0.25, -0.2) is 0 Å². The average molecular weight is 311 g/mol. The Morgan fingerprint density at radius 3 is 2.61 bits per heavy atom. The van der Waals surface area contributed by atoms with Crippen LogP contribution < -0.4 is 5.32 Å². The van der Waals surface area contributed by atoms with Gasteiger partial charge in [0.1, 0.15) is 0 Å². The molecule has 23 heavy (non-hydrogen) atoms. The molecule has 0 radical (unpaired) electrons. The van der Waals surface area contributed by atoms with Gasteiger partial charge in [-0.1, -0.05) is 24.6 Å². The van der Waals surface area contributed by atoms with Crippen molar-refractivity contribution in [1.82, 2.24) is 20.0 Å². The number of nitrogens with one attached hydrogen (secondary N) is 1. The van der Waals surface area contributed by atoms with Crippen molar-refractivity contribution in [1.29, 1.82) is 0 Å². The minimum atomic E-state index is -0.0329. The van der Waals surface area contributed by atoms with Crippen LogP contribution in [0.5, 0.6) is 0 Å². The lowest BCUT2D eigenvalue weighted by Gasteiger charge is -2.47. The molecule has 1 aromatic carbocycles. The normalized spacial score (nSPS) is 28.0. The van der Waals surface area contributed by atoms with Crippen molar-refractivity contribution in [3.05, 3.63) is 30.0 Å². The van der Waals surface area contributed by atoms with E-state index < -0.39 is 0 Å². The summed E-state index contributed by atoms with van der Waals surface area (Å²) in [5.41, 5.74) is 1.55. The molecular weight excluding hydrogens is 287 g/mol. The van der Waals surface area contributed by atoms with Crippen molar-refractivity contribution in [3.8, 4) is 0 Å². The molecule has 0 spiro atoms. The first kappa shape index (κ1) is 14.7. The summed E-state index contributed by atoms with van der Waals surface area (Å²) in [7, 11) is 4.12. The van der Waals surface area contributed by atoms with E-state index in [4.69, 9.17) is 0 Å². The number of benzene rings is 1. The van der Waals surface area contributed by atoms with Crippen LogP contribution in [-0.4, -0.2) is 45.8 Å². The molecule has 1 N–H and O–H groups in total. The van der Waals surface area contributed by atoms with Gasteiger partial charge >= 0.3 is 0 Å². The molecule has 3 heterocycles. The van der Waals surface area contributed by atoms with Gasteiger partial charge in [0, 0.05) is 30.6 Å². The number of hydrogen-bond acceptors (Lipinski definition) is 3. The molecule has 1 amide bonds. The number of piperidine rings is 2. The van der Waals surface area contributed by atoms with Gasteiger partial charge in [-0.15, -0.1) is 0 Å². The third-order valence-corrected chi connectivity index (χ3v) is 5.65. The van der Waals surface area contributed by atoms with Crippen LogP contribution in [0.3, 0.4) is 0 Å². The maximum atomic E-state index is 12.7. The molecule has 5 heteroatoms. The van der Waals surface area contributed by atoms with Crippen LogP contribution in [0, 0.1) is 0 Å². The van der Waals surface area contributed by atoms with Gasteiger partial charge in [0.2, 0.25) is 0 Å². The smallest absolute Gasteiger partial charge is 0.272 e. The summed E-state index contributed by atoms with van der Waals surface area (Å²) < 4.78 is 1.79. The second kappa shape index (κ2) is 5.64. The summed E-state index contributed by atoms with van der Waals surface area (Å²) >= 11 is 0. The monoisotopic (exact) mass is 311 g/mol. The van der Waals surface area contributed by atoms with E-state index in [1.54, 1.807) is 4.68 Å². The quantitative estimate of drug-likeness (QED) is 0.926. The first-order valence-corrected chi connectivity index (χ1v) is 8.58. The van der Waals surface area contributed by atoms with E-state index in [0.717, 1.165) is 23.7 Å². The zero-order valence-electron chi connectivity index (χ0n) is 13.8. The Kier molecular flexibility index (Phi) is 3.60. The Labute approximate surface area is 136 Å². The number of fused-ring (bicyclic) bond motifs is 3. The predicted molar refractivity (Wildman–Crippen MR) is 90.4 cm³/mol. The minimum absolute atomic E-state index is 0.0329.